The molecule has 1 aromatic carbocycles. The molecule has 0 unspecified atom stereocenters. The summed E-state index contributed by atoms with van der Waals surface area (Å²) < 4.78 is 13.2. The van der Waals surface area contributed by atoms with E-state index in [1.807, 2.05) is 0 Å². The molecule has 0 aliphatic heterocycles. The molecule has 0 N–H and O–H groups in total. The van der Waals surface area contributed by atoms with Crippen LogP contribution in [0.4, 0.5) is 10.1 Å². The van der Waals surface area contributed by atoms with Crippen LogP contribution in [0.1, 0.15) is 0 Å². The van der Waals surface area contributed by atoms with Crippen molar-refractivity contribution >= 4 is 35.1 Å². The summed E-state index contributed by atoms with van der Waals surface area (Å²) >= 11 is 7.19. The number of benzene rings is 1. The zero-order valence-corrected chi connectivity index (χ0v) is 9.24. The molecule has 0 heterocycles. The Hall–Kier alpha value is -1.09. The first kappa shape index (κ1) is 12.0. The molecule has 5 heteroatoms. The van der Waals surface area contributed by atoms with Crippen LogP contribution in [0.3, 0.4) is 0 Å². The van der Waals surface area contributed by atoms with Gasteiger partial charge in [0, 0.05) is 10.6 Å². The number of nitrogens with zero attached hydrogens (tertiary/aromatic N) is 1. The lowest BCUT2D eigenvalue weighted by molar-refractivity contribution is 0.564. The smallest absolute Gasteiger partial charge is 0.211 e. The Balaban J connectivity index is 3.10. The Morgan fingerprint density at radius 2 is 2.40 bits per heavy atom. The van der Waals surface area contributed by atoms with E-state index in [9.17, 15) is 9.18 Å². The van der Waals surface area contributed by atoms with E-state index in [0.29, 0.717) is 15.7 Å². The van der Waals surface area contributed by atoms with Crippen LogP contribution in [-0.4, -0.2) is 11.8 Å². The summed E-state index contributed by atoms with van der Waals surface area (Å²) in [6.07, 6.45) is 2.99. The quantitative estimate of drug-likeness (QED) is 0.349. The summed E-state index contributed by atoms with van der Waals surface area (Å²) in [6.45, 7) is 3.56. The van der Waals surface area contributed by atoms with Gasteiger partial charge in [-0.1, -0.05) is 17.7 Å². The van der Waals surface area contributed by atoms with Crippen LogP contribution in [0.25, 0.3) is 0 Å². The van der Waals surface area contributed by atoms with Gasteiger partial charge in [0.05, 0.1) is 5.02 Å². The summed E-state index contributed by atoms with van der Waals surface area (Å²) in [5.74, 6) is 0.0154. The maximum atomic E-state index is 13.2. The molecule has 0 radical (unpaired) electrons. The van der Waals surface area contributed by atoms with Crippen LogP contribution in [0, 0.1) is 5.82 Å². The molecule has 1 aromatic rings. The molecule has 0 saturated carbocycles. The van der Waals surface area contributed by atoms with E-state index in [2.05, 4.69) is 11.6 Å². The second-order valence-electron chi connectivity index (χ2n) is 2.54. The van der Waals surface area contributed by atoms with Gasteiger partial charge in [-0.25, -0.2) is 9.18 Å². The van der Waals surface area contributed by atoms with Gasteiger partial charge < -0.3 is 0 Å². The summed E-state index contributed by atoms with van der Waals surface area (Å²) in [5, 5.41) is 0.296. The van der Waals surface area contributed by atoms with Crippen molar-refractivity contribution in [3.63, 3.8) is 0 Å². The summed E-state index contributed by atoms with van der Waals surface area (Å²) in [6, 6.07) is 2.54. The van der Waals surface area contributed by atoms with Gasteiger partial charge in [-0.3, -0.25) is 0 Å². The van der Waals surface area contributed by atoms with Crippen molar-refractivity contribution in [2.75, 3.05) is 5.75 Å². The van der Waals surface area contributed by atoms with Crippen LogP contribution in [0.15, 0.2) is 34.7 Å². The molecule has 1 rings (SSSR count). The molecule has 78 valence electrons. The van der Waals surface area contributed by atoms with Gasteiger partial charge in [0.2, 0.25) is 6.08 Å². The number of aliphatic imine (C=N–C) groups is 1. The molecule has 0 aliphatic rings. The van der Waals surface area contributed by atoms with Gasteiger partial charge in [0.1, 0.15) is 5.69 Å². The van der Waals surface area contributed by atoms with Crippen molar-refractivity contribution in [3.05, 3.63) is 35.6 Å². The lowest BCUT2D eigenvalue weighted by Crippen LogP contribution is -1.81. The fourth-order valence-electron chi connectivity index (χ4n) is 0.913. The Morgan fingerprint density at radius 1 is 1.67 bits per heavy atom. The summed E-state index contributed by atoms with van der Waals surface area (Å²) in [5.41, 5.74) is -0.0547. The van der Waals surface area contributed by atoms with Gasteiger partial charge in [-0.05, 0) is 12.1 Å². The molecule has 0 saturated heterocycles. The van der Waals surface area contributed by atoms with Crippen LogP contribution in [-0.2, 0) is 4.79 Å². The molecule has 0 bridgehead atoms. The average Bonchev–Trinajstić information content (AvgIpc) is 2.20. The fraction of sp³-hybridized carbons (Fsp3) is 0.100. The minimum absolute atomic E-state index is 0.0547. The largest absolute Gasteiger partial charge is 0.240 e. The van der Waals surface area contributed by atoms with E-state index in [0.717, 1.165) is 6.07 Å². The lowest BCUT2D eigenvalue weighted by atomic mass is 10.3. The monoisotopic (exact) mass is 243 g/mol. The topological polar surface area (TPSA) is 29.4 Å². The Kier molecular flexibility index (Phi) is 4.56. The highest BCUT2D eigenvalue weighted by Crippen LogP contribution is 2.32. The molecule has 0 amide bonds. The van der Waals surface area contributed by atoms with Crippen LogP contribution >= 0.6 is 23.4 Å². The minimum Gasteiger partial charge on any atom is -0.211 e. The predicted molar refractivity (Wildman–Crippen MR) is 60.1 cm³/mol. The van der Waals surface area contributed by atoms with Gasteiger partial charge >= 0.3 is 0 Å². The number of carbonyl (C=O) groups excluding carboxylic acids is 1. The van der Waals surface area contributed by atoms with Crippen molar-refractivity contribution in [1.29, 1.82) is 0 Å². The maximum Gasteiger partial charge on any atom is 0.240 e. The fourth-order valence-corrected chi connectivity index (χ4v) is 1.92. The molecule has 0 fully saturated rings. The third-order valence-corrected chi connectivity index (χ3v) is 3.00. The standard InChI is InChI=1S/C10H7ClFNOS/c1-2-3-15-10-5-9(13-6-14)8(12)4-7(10)11/h2,4-5H,1,3H2. The maximum absolute atomic E-state index is 13.2. The highest BCUT2D eigenvalue weighted by molar-refractivity contribution is 7.99. The Bertz CT molecular complexity index is 430. The second-order valence-corrected chi connectivity index (χ2v) is 4.01. The highest BCUT2D eigenvalue weighted by Gasteiger charge is 2.08. The molecule has 2 nitrogen and oxygen atoms in total. The van der Waals surface area contributed by atoms with E-state index in [1.165, 1.54) is 23.9 Å². The molecule has 0 atom stereocenters. The zero-order chi connectivity index (χ0) is 11.3. The van der Waals surface area contributed by atoms with Gasteiger partial charge in [-0.2, -0.15) is 4.99 Å². The van der Waals surface area contributed by atoms with Crippen LogP contribution < -0.4 is 0 Å². The van der Waals surface area contributed by atoms with E-state index in [4.69, 9.17) is 11.6 Å². The summed E-state index contributed by atoms with van der Waals surface area (Å²) in [7, 11) is 0. The van der Waals surface area contributed by atoms with Gasteiger partial charge in [0.15, 0.2) is 5.82 Å². The number of halogens is 2. The summed E-state index contributed by atoms with van der Waals surface area (Å²) in [4.78, 5) is 13.9. The third-order valence-electron chi connectivity index (χ3n) is 1.52. The number of hydrogen-bond donors (Lipinski definition) is 0. The number of hydrogen-bond acceptors (Lipinski definition) is 3. The minimum atomic E-state index is -0.633. The first-order valence-electron chi connectivity index (χ1n) is 3.99. The molecule has 0 aromatic heterocycles. The van der Waals surface area contributed by atoms with Crippen molar-refractivity contribution in [2.24, 2.45) is 4.99 Å². The van der Waals surface area contributed by atoms with Gasteiger partial charge in [-0.15, -0.1) is 18.3 Å². The lowest BCUT2D eigenvalue weighted by Gasteiger charge is -2.03. The Labute approximate surface area is 95.9 Å². The van der Waals surface area contributed by atoms with Gasteiger partial charge in [0.25, 0.3) is 0 Å². The SMILES string of the molecule is C=CCSc1cc(N=C=O)c(F)cc1Cl. The normalized spacial score (nSPS) is 9.47. The van der Waals surface area contributed by atoms with E-state index < -0.39 is 5.82 Å². The number of isocyanates is 1. The molecule has 0 aliphatic carbocycles. The van der Waals surface area contributed by atoms with Crippen LogP contribution in [0.5, 0.6) is 0 Å². The number of thioether (sulfide) groups is 1. The predicted octanol–water partition coefficient (Wildman–Crippen LogP) is 3.72. The van der Waals surface area contributed by atoms with E-state index in [-0.39, 0.29) is 5.69 Å². The van der Waals surface area contributed by atoms with E-state index in [1.54, 1.807) is 6.08 Å². The number of rotatable bonds is 4. The molecule has 15 heavy (non-hydrogen) atoms. The van der Waals surface area contributed by atoms with Crippen LogP contribution in [0.2, 0.25) is 5.02 Å². The molecular weight excluding hydrogens is 237 g/mol. The Morgan fingerprint density at radius 3 is 3.00 bits per heavy atom. The molecular formula is C10H7ClFNOS. The zero-order valence-electron chi connectivity index (χ0n) is 7.67. The van der Waals surface area contributed by atoms with Crippen molar-refractivity contribution in [1.82, 2.24) is 0 Å². The average molecular weight is 244 g/mol. The molecule has 0 spiro atoms. The third kappa shape index (κ3) is 3.20. The van der Waals surface area contributed by atoms with Crippen molar-refractivity contribution in [3.8, 4) is 0 Å². The van der Waals surface area contributed by atoms with E-state index >= 15 is 0 Å². The second kappa shape index (κ2) is 5.71. The van der Waals surface area contributed by atoms with Crippen molar-refractivity contribution in [2.45, 2.75) is 4.90 Å². The van der Waals surface area contributed by atoms with Crippen molar-refractivity contribution < 1.29 is 9.18 Å². The highest BCUT2D eigenvalue weighted by atomic mass is 35.5. The first-order chi connectivity index (χ1) is 7.19. The first-order valence-corrected chi connectivity index (χ1v) is 5.36.